The van der Waals surface area contributed by atoms with Gasteiger partial charge in [-0.3, -0.25) is 0 Å². The molecule has 2 aromatic rings. The summed E-state index contributed by atoms with van der Waals surface area (Å²) in [6.45, 7) is 7.76. The highest BCUT2D eigenvalue weighted by Crippen LogP contribution is 2.43. The van der Waals surface area contributed by atoms with E-state index in [4.69, 9.17) is 9.47 Å². The molecule has 1 aliphatic carbocycles. The lowest BCUT2D eigenvalue weighted by Crippen LogP contribution is -2.32. The van der Waals surface area contributed by atoms with Gasteiger partial charge in [0.1, 0.15) is 0 Å². The fraction of sp³-hybridized carbons (Fsp3) is 0.308. The first kappa shape index (κ1) is 20.9. The first-order valence-electron chi connectivity index (χ1n) is 10.7. The zero-order valence-corrected chi connectivity index (χ0v) is 18.4. The van der Waals surface area contributed by atoms with Crippen molar-refractivity contribution >= 4 is 11.9 Å². The highest BCUT2D eigenvalue weighted by molar-refractivity contribution is 6.00. The van der Waals surface area contributed by atoms with Crippen molar-refractivity contribution < 1.29 is 19.1 Å². The lowest BCUT2D eigenvalue weighted by Gasteiger charge is -2.30. The molecule has 0 radical (unpaired) electrons. The molecule has 0 aromatic heterocycles. The lowest BCUT2D eigenvalue weighted by atomic mass is 9.79. The molecular formula is C26H27NO4. The Morgan fingerprint density at radius 1 is 0.871 bits per heavy atom. The minimum absolute atomic E-state index is 0.263. The predicted molar refractivity (Wildman–Crippen MR) is 119 cm³/mol. The van der Waals surface area contributed by atoms with E-state index in [0.29, 0.717) is 22.5 Å². The van der Waals surface area contributed by atoms with E-state index in [1.54, 1.807) is 13.8 Å². The highest BCUT2D eigenvalue weighted by atomic mass is 16.5. The Balaban J connectivity index is 1.85. The van der Waals surface area contributed by atoms with E-state index in [1.165, 1.54) is 22.3 Å². The maximum absolute atomic E-state index is 12.9. The van der Waals surface area contributed by atoms with Crippen LogP contribution < -0.4 is 5.32 Å². The third-order valence-corrected chi connectivity index (χ3v) is 5.90. The third kappa shape index (κ3) is 3.65. The molecule has 5 heteroatoms. The van der Waals surface area contributed by atoms with Crippen molar-refractivity contribution in [3.63, 3.8) is 0 Å². The summed E-state index contributed by atoms with van der Waals surface area (Å²) in [4.78, 5) is 25.9. The molecule has 0 unspecified atom stereocenters. The van der Waals surface area contributed by atoms with Gasteiger partial charge in [-0.2, -0.15) is 0 Å². The van der Waals surface area contributed by atoms with Crippen LogP contribution in [0, 0.1) is 0 Å². The van der Waals surface area contributed by atoms with E-state index >= 15 is 0 Å². The summed E-state index contributed by atoms with van der Waals surface area (Å²) >= 11 is 0. The Kier molecular flexibility index (Phi) is 5.68. The van der Waals surface area contributed by atoms with Gasteiger partial charge in [0, 0.05) is 11.4 Å². The number of hydrogen-bond donors (Lipinski definition) is 1. The number of carbonyl (C=O) groups is 2. The van der Waals surface area contributed by atoms with Gasteiger partial charge in [0.25, 0.3) is 0 Å². The Hall–Kier alpha value is -3.34. The number of benzene rings is 2. The van der Waals surface area contributed by atoms with E-state index in [9.17, 15) is 9.59 Å². The quantitative estimate of drug-likeness (QED) is 0.614. The number of rotatable bonds is 5. The van der Waals surface area contributed by atoms with Gasteiger partial charge in [0.05, 0.1) is 30.3 Å². The largest absolute Gasteiger partial charge is 0.463 e. The molecule has 0 spiro atoms. The van der Waals surface area contributed by atoms with Crippen molar-refractivity contribution in [3.8, 4) is 11.1 Å². The Morgan fingerprint density at radius 3 is 2.06 bits per heavy atom. The molecule has 0 atom stereocenters. The normalized spacial score (nSPS) is 15.4. The number of dihydropyridines is 1. The minimum Gasteiger partial charge on any atom is -0.463 e. The summed E-state index contributed by atoms with van der Waals surface area (Å²) in [5.41, 5.74) is 8.09. The van der Waals surface area contributed by atoms with E-state index in [1.807, 2.05) is 32.0 Å². The van der Waals surface area contributed by atoms with Gasteiger partial charge in [-0.05, 0) is 61.9 Å². The van der Waals surface area contributed by atoms with Crippen molar-refractivity contribution in [2.45, 2.75) is 40.0 Å². The van der Waals surface area contributed by atoms with Crippen LogP contribution in [0.5, 0.6) is 0 Å². The second-order valence-corrected chi connectivity index (χ2v) is 7.83. The zero-order valence-electron chi connectivity index (χ0n) is 18.4. The van der Waals surface area contributed by atoms with Crippen LogP contribution in [0.1, 0.15) is 50.3 Å². The van der Waals surface area contributed by atoms with Gasteiger partial charge in [-0.1, -0.05) is 42.5 Å². The summed E-state index contributed by atoms with van der Waals surface area (Å²) in [5.74, 6) is -1.39. The van der Waals surface area contributed by atoms with Crippen molar-refractivity contribution in [2.24, 2.45) is 0 Å². The molecule has 4 rings (SSSR count). The molecule has 0 bridgehead atoms. The number of carbonyl (C=O) groups excluding carboxylic acids is 2. The van der Waals surface area contributed by atoms with Gasteiger partial charge in [-0.25, -0.2) is 9.59 Å². The number of hydrogen-bond acceptors (Lipinski definition) is 5. The van der Waals surface area contributed by atoms with Crippen molar-refractivity contribution in [2.75, 3.05) is 13.2 Å². The summed E-state index contributed by atoms with van der Waals surface area (Å²) in [6.07, 6.45) is 0.833. The summed E-state index contributed by atoms with van der Waals surface area (Å²) < 4.78 is 10.7. The summed E-state index contributed by atoms with van der Waals surface area (Å²) in [5, 5.41) is 3.18. The Labute approximate surface area is 182 Å². The topological polar surface area (TPSA) is 64.6 Å². The SMILES string of the molecule is CCOC(=O)C1=C(C)NC(C)=C(C(=O)OCC)C1c1ccc2c(c1)Cc1ccccc1-2. The molecule has 5 nitrogen and oxygen atoms in total. The third-order valence-electron chi connectivity index (χ3n) is 5.90. The number of ether oxygens (including phenoxy) is 2. The Morgan fingerprint density at radius 2 is 1.45 bits per heavy atom. The second kappa shape index (κ2) is 8.42. The van der Waals surface area contributed by atoms with Crippen LogP contribution in [-0.2, 0) is 25.5 Å². The van der Waals surface area contributed by atoms with Gasteiger partial charge in [0.15, 0.2) is 0 Å². The second-order valence-electron chi connectivity index (χ2n) is 7.83. The van der Waals surface area contributed by atoms with Gasteiger partial charge in [0.2, 0.25) is 0 Å². The minimum atomic E-state index is -0.548. The maximum Gasteiger partial charge on any atom is 0.336 e. The zero-order chi connectivity index (χ0) is 22.1. The molecule has 0 fully saturated rings. The van der Waals surface area contributed by atoms with Crippen molar-refractivity contribution in [1.29, 1.82) is 0 Å². The summed E-state index contributed by atoms with van der Waals surface area (Å²) in [7, 11) is 0. The molecule has 0 amide bonds. The number of allylic oxidation sites excluding steroid dienone is 2. The molecule has 1 aliphatic heterocycles. The molecule has 0 saturated heterocycles. The van der Waals surface area contributed by atoms with E-state index in [0.717, 1.165) is 12.0 Å². The van der Waals surface area contributed by atoms with Crippen LogP contribution in [-0.4, -0.2) is 25.2 Å². The van der Waals surface area contributed by atoms with Crippen molar-refractivity contribution in [1.82, 2.24) is 5.32 Å². The van der Waals surface area contributed by atoms with Gasteiger partial charge < -0.3 is 14.8 Å². The average molecular weight is 418 g/mol. The van der Waals surface area contributed by atoms with Crippen LogP contribution in [0.15, 0.2) is 65.0 Å². The predicted octanol–water partition coefficient (Wildman–Crippen LogP) is 4.62. The van der Waals surface area contributed by atoms with Crippen LogP contribution in [0.3, 0.4) is 0 Å². The molecule has 2 aromatic carbocycles. The molecule has 2 aliphatic rings. The van der Waals surface area contributed by atoms with Gasteiger partial charge >= 0.3 is 11.9 Å². The Bertz CT molecular complexity index is 1090. The fourth-order valence-corrected chi connectivity index (χ4v) is 4.63. The van der Waals surface area contributed by atoms with Crippen LogP contribution in [0.25, 0.3) is 11.1 Å². The number of fused-ring (bicyclic) bond motifs is 3. The van der Waals surface area contributed by atoms with Gasteiger partial charge in [-0.15, -0.1) is 0 Å². The number of nitrogens with one attached hydrogen (secondary N) is 1. The average Bonchev–Trinajstić information content (AvgIpc) is 3.11. The van der Waals surface area contributed by atoms with Crippen molar-refractivity contribution in [3.05, 3.63) is 81.7 Å². The van der Waals surface area contributed by atoms with E-state index in [2.05, 4.69) is 29.6 Å². The molecule has 0 saturated carbocycles. The lowest BCUT2D eigenvalue weighted by molar-refractivity contribution is -0.139. The molecule has 1 N–H and O–H groups in total. The smallest absolute Gasteiger partial charge is 0.336 e. The molecular weight excluding hydrogens is 390 g/mol. The van der Waals surface area contributed by atoms with Crippen LogP contribution in [0.2, 0.25) is 0 Å². The van der Waals surface area contributed by atoms with E-state index in [-0.39, 0.29) is 13.2 Å². The van der Waals surface area contributed by atoms with Crippen LogP contribution >= 0.6 is 0 Å². The van der Waals surface area contributed by atoms with E-state index < -0.39 is 17.9 Å². The summed E-state index contributed by atoms with van der Waals surface area (Å²) in [6, 6.07) is 14.6. The maximum atomic E-state index is 12.9. The first-order valence-corrected chi connectivity index (χ1v) is 10.7. The number of esters is 2. The first-order chi connectivity index (χ1) is 15.0. The van der Waals surface area contributed by atoms with Crippen LogP contribution in [0.4, 0.5) is 0 Å². The highest BCUT2D eigenvalue weighted by Gasteiger charge is 2.38. The monoisotopic (exact) mass is 417 g/mol. The standard InChI is InChI=1S/C26H27NO4/c1-5-30-25(28)22-15(3)27-16(4)23(26(29)31-6-2)24(22)18-11-12-21-19(14-18)13-17-9-7-8-10-20(17)21/h7-12,14,24,27H,5-6,13H2,1-4H3. The molecule has 160 valence electrons. The molecule has 1 heterocycles. The molecule has 31 heavy (non-hydrogen) atoms. The fourth-order valence-electron chi connectivity index (χ4n) is 4.63.